The average Bonchev–Trinajstić information content (AvgIpc) is 2.84. The van der Waals surface area contributed by atoms with Gasteiger partial charge in [0.25, 0.3) is 0 Å². The van der Waals surface area contributed by atoms with Crippen LogP contribution in [0.25, 0.3) is 0 Å². The Bertz CT molecular complexity index is 649. The highest BCUT2D eigenvalue weighted by molar-refractivity contribution is 5.43. The molecule has 30 heavy (non-hydrogen) atoms. The van der Waals surface area contributed by atoms with Crippen LogP contribution in [-0.2, 0) is 15.6 Å². The molecule has 1 N–H and O–H groups in total. The third-order valence-electron chi connectivity index (χ3n) is 6.25. The SMILES string of the molecule is CC(C)(C)c1ccc(OCCOC[C@H](O)C[N+]2(C)CCCCCC2)c(C(C)(C)C)c1. The number of quaternary nitrogens is 1. The van der Waals surface area contributed by atoms with Crippen molar-refractivity contribution in [1.82, 2.24) is 0 Å². The molecule has 1 aromatic rings. The lowest BCUT2D eigenvalue weighted by molar-refractivity contribution is -0.911. The number of likely N-dealkylation sites (N-methyl/N-ethyl adjacent to an activating group) is 1. The summed E-state index contributed by atoms with van der Waals surface area (Å²) in [5, 5.41) is 10.5. The van der Waals surface area contributed by atoms with E-state index < -0.39 is 6.10 Å². The van der Waals surface area contributed by atoms with Crippen LogP contribution in [0.2, 0.25) is 0 Å². The van der Waals surface area contributed by atoms with Gasteiger partial charge in [-0.3, -0.25) is 0 Å². The van der Waals surface area contributed by atoms with Crippen molar-refractivity contribution in [2.24, 2.45) is 0 Å². The monoisotopic (exact) mass is 420 g/mol. The molecule has 1 aliphatic rings. The maximum Gasteiger partial charge on any atom is 0.126 e. The Balaban J connectivity index is 1.82. The molecule has 1 aromatic carbocycles. The first-order valence-corrected chi connectivity index (χ1v) is 11.8. The van der Waals surface area contributed by atoms with Gasteiger partial charge >= 0.3 is 0 Å². The second kappa shape index (κ2) is 10.5. The van der Waals surface area contributed by atoms with Crippen molar-refractivity contribution < 1.29 is 19.1 Å². The van der Waals surface area contributed by atoms with Gasteiger partial charge in [-0.2, -0.15) is 0 Å². The molecule has 1 fully saturated rings. The van der Waals surface area contributed by atoms with Crippen LogP contribution < -0.4 is 4.74 Å². The molecule has 1 saturated heterocycles. The summed E-state index contributed by atoms with van der Waals surface area (Å²) >= 11 is 0. The predicted molar refractivity (Wildman–Crippen MR) is 125 cm³/mol. The summed E-state index contributed by atoms with van der Waals surface area (Å²) in [6.45, 7) is 17.9. The van der Waals surface area contributed by atoms with Gasteiger partial charge in [0, 0.05) is 0 Å². The van der Waals surface area contributed by atoms with Crippen LogP contribution >= 0.6 is 0 Å². The van der Waals surface area contributed by atoms with Crippen LogP contribution in [0.4, 0.5) is 0 Å². The zero-order valence-electron chi connectivity index (χ0n) is 20.6. The molecular formula is C26H46NO3+. The zero-order chi connectivity index (χ0) is 22.4. The predicted octanol–water partition coefficient (Wildman–Crippen LogP) is 5.06. The van der Waals surface area contributed by atoms with Gasteiger partial charge in [-0.15, -0.1) is 0 Å². The number of likely N-dealkylation sites (tertiary alicyclic amines) is 1. The number of nitrogens with zero attached hydrogens (tertiary/aromatic N) is 1. The van der Waals surface area contributed by atoms with Crippen LogP contribution in [0.15, 0.2) is 18.2 Å². The molecule has 0 unspecified atom stereocenters. The standard InChI is InChI=1S/C26H46NO3/c1-25(2,3)21-12-13-24(23(18-21)26(4,5)6)30-17-16-29-20-22(28)19-27(7)14-10-8-9-11-15-27/h12-13,18,22,28H,8-11,14-17,19-20H2,1-7H3/q+1/t22-/m1/s1. The molecule has 4 heteroatoms. The maximum atomic E-state index is 10.5. The molecular weight excluding hydrogens is 374 g/mol. The van der Waals surface area contributed by atoms with E-state index in [0.717, 1.165) is 16.8 Å². The average molecular weight is 421 g/mol. The van der Waals surface area contributed by atoms with Crippen LogP contribution in [0.5, 0.6) is 5.75 Å². The molecule has 0 spiro atoms. The van der Waals surface area contributed by atoms with Crippen molar-refractivity contribution in [1.29, 1.82) is 0 Å². The van der Waals surface area contributed by atoms with Crippen molar-refractivity contribution in [3.63, 3.8) is 0 Å². The van der Waals surface area contributed by atoms with E-state index in [-0.39, 0.29) is 10.8 Å². The van der Waals surface area contributed by atoms with Crippen molar-refractivity contribution in [2.75, 3.05) is 46.5 Å². The molecule has 2 rings (SSSR count). The molecule has 0 saturated carbocycles. The van der Waals surface area contributed by atoms with Crippen molar-refractivity contribution >= 4 is 0 Å². The number of ether oxygens (including phenoxy) is 2. The summed E-state index contributed by atoms with van der Waals surface area (Å²) in [5.74, 6) is 0.933. The van der Waals surface area contributed by atoms with E-state index in [0.29, 0.717) is 19.8 Å². The minimum Gasteiger partial charge on any atom is -0.491 e. The summed E-state index contributed by atoms with van der Waals surface area (Å²) < 4.78 is 12.8. The van der Waals surface area contributed by atoms with E-state index in [1.165, 1.54) is 49.9 Å². The molecule has 0 amide bonds. The first-order chi connectivity index (χ1) is 13.9. The lowest BCUT2D eigenvalue weighted by Gasteiger charge is -2.35. The second-order valence-electron chi connectivity index (χ2n) is 11.5. The first kappa shape index (κ1) is 25.2. The van der Waals surface area contributed by atoms with Crippen LogP contribution in [0.1, 0.15) is 78.4 Å². The Morgan fingerprint density at radius 1 is 0.933 bits per heavy atom. The van der Waals surface area contributed by atoms with Crippen LogP contribution in [0, 0.1) is 0 Å². The largest absolute Gasteiger partial charge is 0.491 e. The molecule has 0 radical (unpaired) electrons. The fourth-order valence-electron chi connectivity index (χ4n) is 4.33. The highest BCUT2D eigenvalue weighted by Gasteiger charge is 2.27. The molecule has 1 heterocycles. The summed E-state index contributed by atoms with van der Waals surface area (Å²) in [6, 6.07) is 6.55. The minimum atomic E-state index is -0.413. The topological polar surface area (TPSA) is 38.7 Å². The number of benzene rings is 1. The number of aliphatic hydroxyl groups is 1. The maximum absolute atomic E-state index is 10.5. The highest BCUT2D eigenvalue weighted by Crippen LogP contribution is 2.35. The third-order valence-corrected chi connectivity index (χ3v) is 6.25. The molecule has 1 aliphatic heterocycles. The fourth-order valence-corrected chi connectivity index (χ4v) is 4.33. The number of aliphatic hydroxyl groups excluding tert-OH is 1. The Morgan fingerprint density at radius 2 is 1.57 bits per heavy atom. The number of hydrogen-bond donors (Lipinski definition) is 1. The Labute approximate surface area is 185 Å². The minimum absolute atomic E-state index is 0.0136. The van der Waals surface area contributed by atoms with Crippen molar-refractivity contribution in [3.8, 4) is 5.75 Å². The van der Waals surface area contributed by atoms with Gasteiger partial charge in [0.1, 0.15) is 25.0 Å². The van der Waals surface area contributed by atoms with Gasteiger partial charge in [0.2, 0.25) is 0 Å². The Kier molecular flexibility index (Phi) is 8.79. The van der Waals surface area contributed by atoms with Crippen LogP contribution in [0.3, 0.4) is 0 Å². The van der Waals surface area contributed by atoms with Gasteiger partial charge in [-0.25, -0.2) is 0 Å². The Hall–Kier alpha value is -1.10. The van der Waals surface area contributed by atoms with Crippen LogP contribution in [-0.4, -0.2) is 62.2 Å². The van der Waals surface area contributed by atoms with Gasteiger partial charge in [-0.05, 0) is 53.7 Å². The summed E-state index contributed by atoms with van der Waals surface area (Å²) in [6.07, 6.45) is 4.77. The Morgan fingerprint density at radius 3 is 2.13 bits per heavy atom. The van der Waals surface area contributed by atoms with E-state index in [9.17, 15) is 5.11 Å². The second-order valence-corrected chi connectivity index (χ2v) is 11.5. The van der Waals surface area contributed by atoms with Gasteiger partial charge in [-0.1, -0.05) is 53.7 Å². The van der Waals surface area contributed by atoms with E-state index in [2.05, 4.69) is 66.8 Å². The first-order valence-electron chi connectivity index (χ1n) is 11.8. The molecule has 0 aromatic heterocycles. The van der Waals surface area contributed by atoms with E-state index in [1.54, 1.807) is 0 Å². The van der Waals surface area contributed by atoms with E-state index in [1.807, 2.05) is 0 Å². The molecule has 0 bridgehead atoms. The summed E-state index contributed by atoms with van der Waals surface area (Å²) in [7, 11) is 2.27. The van der Waals surface area contributed by atoms with Gasteiger partial charge in [0.05, 0.1) is 33.4 Å². The molecule has 1 atom stereocenters. The zero-order valence-corrected chi connectivity index (χ0v) is 20.6. The summed E-state index contributed by atoms with van der Waals surface area (Å²) in [5.41, 5.74) is 2.68. The highest BCUT2D eigenvalue weighted by atomic mass is 16.5. The van der Waals surface area contributed by atoms with Gasteiger partial charge in [0.15, 0.2) is 0 Å². The third kappa shape index (κ3) is 7.86. The fraction of sp³-hybridized carbons (Fsp3) is 0.769. The molecule has 0 aliphatic carbocycles. The lowest BCUT2D eigenvalue weighted by Crippen LogP contribution is -2.50. The van der Waals surface area contributed by atoms with Crippen molar-refractivity contribution in [3.05, 3.63) is 29.3 Å². The van der Waals surface area contributed by atoms with Gasteiger partial charge < -0.3 is 19.1 Å². The molecule has 4 nitrogen and oxygen atoms in total. The van der Waals surface area contributed by atoms with E-state index in [4.69, 9.17) is 9.47 Å². The van der Waals surface area contributed by atoms with Crippen molar-refractivity contribution in [2.45, 2.75) is 84.2 Å². The number of rotatable bonds is 8. The molecule has 172 valence electrons. The normalized spacial score (nSPS) is 18.7. The number of hydrogen-bond acceptors (Lipinski definition) is 3. The smallest absolute Gasteiger partial charge is 0.126 e. The lowest BCUT2D eigenvalue weighted by atomic mass is 9.80. The quantitative estimate of drug-likeness (QED) is 0.472. The van der Waals surface area contributed by atoms with E-state index >= 15 is 0 Å². The summed E-state index contributed by atoms with van der Waals surface area (Å²) in [4.78, 5) is 0.